The zero-order chi connectivity index (χ0) is 19.0. The van der Waals surface area contributed by atoms with Gasteiger partial charge >= 0.3 is 0 Å². The molecule has 1 aliphatic heterocycles. The van der Waals surface area contributed by atoms with Gasteiger partial charge in [-0.05, 0) is 58.7 Å². The Labute approximate surface area is 180 Å². The van der Waals surface area contributed by atoms with Crippen molar-refractivity contribution in [1.29, 1.82) is 0 Å². The molecule has 0 aliphatic carbocycles. The lowest BCUT2D eigenvalue weighted by atomic mass is 10.0. The Morgan fingerprint density at radius 2 is 2.11 bits per heavy atom. The van der Waals surface area contributed by atoms with Gasteiger partial charge in [0.1, 0.15) is 5.82 Å². The summed E-state index contributed by atoms with van der Waals surface area (Å²) in [6, 6.07) is 7.16. The molecule has 1 fully saturated rings. The summed E-state index contributed by atoms with van der Waals surface area (Å²) in [5, 5.41) is 10.3. The molecule has 1 heterocycles. The van der Waals surface area contributed by atoms with Crippen LogP contribution in [-0.4, -0.2) is 50.3 Å². The minimum atomic E-state index is -0.182. The van der Waals surface area contributed by atoms with Gasteiger partial charge in [0.15, 0.2) is 5.96 Å². The van der Waals surface area contributed by atoms with E-state index >= 15 is 0 Å². The van der Waals surface area contributed by atoms with Crippen LogP contribution in [-0.2, 0) is 0 Å². The molecule has 0 amide bonds. The summed E-state index contributed by atoms with van der Waals surface area (Å²) in [7, 11) is 0. The first-order chi connectivity index (χ1) is 12.4. The minimum absolute atomic E-state index is 0. The van der Waals surface area contributed by atoms with Crippen molar-refractivity contribution in [3.8, 4) is 0 Å². The summed E-state index contributed by atoms with van der Waals surface area (Å²) in [5.74, 6) is 0.674. The third-order valence-corrected chi connectivity index (χ3v) is 4.32. The van der Waals surface area contributed by atoms with E-state index in [1.165, 1.54) is 6.07 Å². The summed E-state index contributed by atoms with van der Waals surface area (Å²) in [6.07, 6.45) is 2.18. The van der Waals surface area contributed by atoms with Gasteiger partial charge in [-0.2, -0.15) is 0 Å². The van der Waals surface area contributed by atoms with Crippen LogP contribution < -0.4 is 20.9 Å². The van der Waals surface area contributed by atoms with Crippen molar-refractivity contribution in [1.82, 2.24) is 16.0 Å². The molecule has 1 atom stereocenters. The number of nitrogens with zero attached hydrogens (tertiary/aromatic N) is 2. The summed E-state index contributed by atoms with van der Waals surface area (Å²) >= 11 is 0. The highest BCUT2D eigenvalue weighted by Crippen LogP contribution is 2.20. The number of guanidine groups is 1. The van der Waals surface area contributed by atoms with Gasteiger partial charge in [-0.1, -0.05) is 6.07 Å². The normalized spacial score (nSPS) is 18.0. The van der Waals surface area contributed by atoms with Gasteiger partial charge in [-0.3, -0.25) is 4.99 Å². The Morgan fingerprint density at radius 3 is 2.78 bits per heavy atom. The largest absolute Gasteiger partial charge is 0.369 e. The molecule has 1 aromatic rings. The third kappa shape index (κ3) is 9.10. The topological polar surface area (TPSA) is 51.7 Å². The van der Waals surface area contributed by atoms with E-state index in [2.05, 4.69) is 53.5 Å². The average Bonchev–Trinajstić information content (AvgIpc) is 2.58. The van der Waals surface area contributed by atoms with Gasteiger partial charge < -0.3 is 20.9 Å². The molecular weight excluding hydrogens is 456 g/mol. The minimum Gasteiger partial charge on any atom is -0.369 e. The molecule has 7 heteroatoms. The molecule has 0 saturated carbocycles. The van der Waals surface area contributed by atoms with Crippen molar-refractivity contribution in [2.24, 2.45) is 4.99 Å². The molecule has 2 rings (SSSR count). The number of hydrogen-bond donors (Lipinski definition) is 3. The van der Waals surface area contributed by atoms with Gasteiger partial charge in [-0.25, -0.2) is 4.39 Å². The first-order valence-electron chi connectivity index (χ1n) is 9.68. The van der Waals surface area contributed by atoms with Crippen LogP contribution in [0.2, 0.25) is 0 Å². The average molecular weight is 491 g/mol. The van der Waals surface area contributed by atoms with Gasteiger partial charge in [-0.15, -0.1) is 24.0 Å². The molecule has 1 unspecified atom stereocenters. The Kier molecular flexibility index (Phi) is 10.4. The molecule has 5 nitrogen and oxygen atoms in total. The summed E-state index contributed by atoms with van der Waals surface area (Å²) < 4.78 is 13.5. The van der Waals surface area contributed by atoms with Gasteiger partial charge in [0, 0.05) is 43.4 Å². The Morgan fingerprint density at radius 1 is 1.33 bits per heavy atom. The zero-order valence-electron chi connectivity index (χ0n) is 17.0. The highest BCUT2D eigenvalue weighted by molar-refractivity contribution is 14.0. The Hall–Kier alpha value is -1.09. The van der Waals surface area contributed by atoms with Gasteiger partial charge in [0.25, 0.3) is 0 Å². The molecule has 0 aromatic heterocycles. The van der Waals surface area contributed by atoms with Crippen LogP contribution in [0.15, 0.2) is 29.3 Å². The number of anilines is 1. The molecule has 1 aromatic carbocycles. The van der Waals surface area contributed by atoms with E-state index in [0.717, 1.165) is 57.2 Å². The predicted octanol–water partition coefficient (Wildman–Crippen LogP) is 3.36. The maximum absolute atomic E-state index is 13.5. The third-order valence-electron chi connectivity index (χ3n) is 4.32. The summed E-state index contributed by atoms with van der Waals surface area (Å²) in [4.78, 5) is 6.92. The Bertz CT molecular complexity index is 588. The lowest BCUT2D eigenvalue weighted by Gasteiger charge is -2.35. The molecule has 0 bridgehead atoms. The maximum atomic E-state index is 13.5. The molecule has 1 aliphatic rings. The van der Waals surface area contributed by atoms with Crippen molar-refractivity contribution in [3.05, 3.63) is 30.1 Å². The smallest absolute Gasteiger partial charge is 0.191 e. The van der Waals surface area contributed by atoms with E-state index in [0.29, 0.717) is 6.04 Å². The molecule has 3 N–H and O–H groups in total. The van der Waals surface area contributed by atoms with Crippen LogP contribution in [0.25, 0.3) is 0 Å². The standard InChI is InChI=1S/C20H34FN5.HI/c1-5-22-19(23-11-12-24-20(2,3)4)25-17-9-7-13-26(15-17)18-10-6-8-16(21)14-18;/h6,8,10,14,17,24H,5,7,9,11-13,15H2,1-4H3,(H2,22,23,25);1H. The fraction of sp³-hybridized carbons (Fsp3) is 0.650. The molecule has 27 heavy (non-hydrogen) atoms. The van der Waals surface area contributed by atoms with Crippen LogP contribution in [0.5, 0.6) is 0 Å². The van der Waals surface area contributed by atoms with E-state index < -0.39 is 0 Å². The van der Waals surface area contributed by atoms with E-state index in [-0.39, 0.29) is 35.3 Å². The SMILES string of the molecule is CCNC(=NCCNC(C)(C)C)NC1CCCN(c2cccc(F)c2)C1.I. The number of benzene rings is 1. The van der Waals surface area contributed by atoms with Crippen molar-refractivity contribution < 1.29 is 4.39 Å². The number of aliphatic imine (C=N–C) groups is 1. The molecular formula is C20H35FIN5. The lowest BCUT2D eigenvalue weighted by molar-refractivity contribution is 0.431. The molecule has 0 spiro atoms. The highest BCUT2D eigenvalue weighted by atomic mass is 127. The Balaban J connectivity index is 0.00000364. The lowest BCUT2D eigenvalue weighted by Crippen LogP contribution is -2.51. The van der Waals surface area contributed by atoms with Crippen molar-refractivity contribution in [2.45, 2.75) is 52.1 Å². The summed E-state index contributed by atoms with van der Waals surface area (Å²) in [5.41, 5.74) is 1.06. The van der Waals surface area contributed by atoms with Crippen molar-refractivity contribution in [2.75, 3.05) is 37.6 Å². The molecule has 0 radical (unpaired) electrons. The van der Waals surface area contributed by atoms with E-state index in [4.69, 9.17) is 0 Å². The maximum Gasteiger partial charge on any atom is 0.191 e. The van der Waals surface area contributed by atoms with Crippen LogP contribution in [0.3, 0.4) is 0 Å². The highest BCUT2D eigenvalue weighted by Gasteiger charge is 2.21. The van der Waals surface area contributed by atoms with Crippen molar-refractivity contribution >= 4 is 35.6 Å². The van der Waals surface area contributed by atoms with Gasteiger partial charge in [0.2, 0.25) is 0 Å². The first kappa shape index (κ1) is 23.9. The number of nitrogens with one attached hydrogen (secondary N) is 3. The van der Waals surface area contributed by atoms with Crippen LogP contribution >= 0.6 is 24.0 Å². The van der Waals surface area contributed by atoms with Gasteiger partial charge in [0.05, 0.1) is 6.54 Å². The quantitative estimate of drug-likeness (QED) is 0.247. The molecule has 154 valence electrons. The number of piperidine rings is 1. The molecule has 1 saturated heterocycles. The summed E-state index contributed by atoms with van der Waals surface area (Å²) in [6.45, 7) is 12.8. The van der Waals surface area contributed by atoms with Crippen LogP contribution in [0, 0.1) is 5.82 Å². The van der Waals surface area contributed by atoms with E-state index in [1.54, 1.807) is 12.1 Å². The van der Waals surface area contributed by atoms with Crippen LogP contribution in [0.1, 0.15) is 40.5 Å². The van der Waals surface area contributed by atoms with E-state index in [9.17, 15) is 4.39 Å². The fourth-order valence-electron chi connectivity index (χ4n) is 3.11. The monoisotopic (exact) mass is 491 g/mol. The second kappa shape index (κ2) is 11.7. The number of hydrogen-bond acceptors (Lipinski definition) is 3. The first-order valence-corrected chi connectivity index (χ1v) is 9.68. The van der Waals surface area contributed by atoms with Crippen LogP contribution in [0.4, 0.5) is 10.1 Å². The predicted molar refractivity (Wildman–Crippen MR) is 124 cm³/mol. The van der Waals surface area contributed by atoms with E-state index in [1.807, 2.05) is 6.07 Å². The zero-order valence-corrected chi connectivity index (χ0v) is 19.3. The number of halogens is 2. The number of rotatable bonds is 6. The fourth-order valence-corrected chi connectivity index (χ4v) is 3.11. The second-order valence-corrected chi connectivity index (χ2v) is 7.85. The second-order valence-electron chi connectivity index (χ2n) is 7.85. The van der Waals surface area contributed by atoms with Crippen molar-refractivity contribution in [3.63, 3.8) is 0 Å².